The van der Waals surface area contributed by atoms with Crippen molar-refractivity contribution in [1.29, 1.82) is 0 Å². The van der Waals surface area contributed by atoms with Gasteiger partial charge in [0.2, 0.25) is 55.9 Å². The molecule has 4 unspecified atom stereocenters. The summed E-state index contributed by atoms with van der Waals surface area (Å²) < 4.78 is 401. The summed E-state index contributed by atoms with van der Waals surface area (Å²) in [5.74, 6) is -6.59. The third-order valence-electron chi connectivity index (χ3n) is 22.8. The Hall–Kier alpha value is -9.98. The molecule has 6 heterocycles. The van der Waals surface area contributed by atoms with Gasteiger partial charge in [-0.1, -0.05) is 93.6 Å². The SMILES string of the molecule is CC(=O)CCCc1ccc(O[C@H]2O[C@H](C)[C@@H](C)[C@H](OC(C)=O)[C@@H]2OC(C)=O)cc1-c1cccc(F)c1.CC(=O)CCCc1ccc(O[C@H]2O[C@H](C)[C@@H](O)[C@H](O)[C@@H]2O)cc1-c1cccc(F)c1.CC(=O)OC1O[C@H](C)[C@@H](C)[C@H](OC(C)=O)[C@@H]1OC(C)=O.CC(=O)OC1O[C@H](CI)[C@@H](C)[C@H](OC(C)=O)[C@@H]1OC(C)=O.CC[C@H]1OC(OC(C)=O)[C@@H](OC(C)=O)[C@@H](OC(C)=O)[C@@H]1C.OC[C@H]1OC(O)[C@@H](O)[C@@H](O)[C@@H]1O.[3H][3H].[3H][3H].[3H][3H].[3H][3H].[3H][3H].[3H][3H].[3H][3H].[3H][3H].[3H][3H].[3H][3H].[3H][3H].[3H][3H].[3H][3H].[3H][3H].[3H][3H].[3H][3H].[3H][3H].[3H][3H].[3H][3H].[3H][3H].[3H][3H].[3H][3H].[3H][3H].[3H][3H].[3H][3H].[3H][3H].[3H][3H]. The second-order valence-electron chi connectivity index (χ2n) is 34.3. The van der Waals surface area contributed by atoms with Gasteiger partial charge in [-0.2, -0.15) is 0 Å². The molecule has 0 spiro atoms. The van der Waals surface area contributed by atoms with E-state index in [0.717, 1.165) is 22.3 Å². The van der Waals surface area contributed by atoms with Crippen molar-refractivity contribution >= 4 is 99.8 Å². The fraction of sp³-hybridized carbons (Fsp3) is 0.619. The Balaban J connectivity index is -0.0000000814. The van der Waals surface area contributed by atoms with Crippen molar-refractivity contribution in [1.82, 2.24) is 0 Å². The predicted octanol–water partition coefficient (Wildman–Crippen LogP) is 14.2. The monoisotopic (exact) mass is 2270 g/mol. The number of aliphatic hydroxyl groups is 8. The Kier molecular flexibility index (Phi) is 34.6. The molecule has 0 aliphatic carbocycles. The van der Waals surface area contributed by atoms with Crippen LogP contribution in [-0.4, -0.2) is 289 Å². The summed E-state index contributed by atoms with van der Waals surface area (Å²) in [6.45, 7) is 30.7. The zero-order chi connectivity index (χ0) is 159. The summed E-state index contributed by atoms with van der Waals surface area (Å²) in [5.41, 5.74) is 4.70. The van der Waals surface area contributed by atoms with Crippen LogP contribution in [0.25, 0.3) is 22.3 Å². The topological polar surface area (TPSA) is 559 Å². The number of aliphatic hydroxyl groups excluding tert-OH is 8. The van der Waals surface area contributed by atoms with E-state index in [9.17, 15) is 86.4 Å². The van der Waals surface area contributed by atoms with E-state index in [2.05, 4.69) is 27.3 Å². The van der Waals surface area contributed by atoms with Gasteiger partial charge in [-0.05, 0) is 149 Å². The van der Waals surface area contributed by atoms with Crippen molar-refractivity contribution in [3.63, 3.8) is 0 Å². The Morgan fingerprint density at radius 1 is 0.343 bits per heavy atom. The van der Waals surface area contributed by atoms with E-state index in [-0.39, 0.29) is 71.3 Å². The quantitative estimate of drug-likeness (QED) is 0.0113. The van der Waals surface area contributed by atoms with Crippen LogP contribution in [0.3, 0.4) is 0 Å². The highest BCUT2D eigenvalue weighted by Crippen LogP contribution is 2.40. The summed E-state index contributed by atoms with van der Waals surface area (Å²) in [7, 11) is 0. The Bertz CT molecular complexity index is 4830. The number of hydrogen-bond donors (Lipinski definition) is 8. The van der Waals surface area contributed by atoms with Crippen molar-refractivity contribution in [2.45, 2.75) is 350 Å². The zero-order valence-electron chi connectivity index (χ0n) is 136. The van der Waals surface area contributed by atoms with Crippen molar-refractivity contribution < 1.29 is 282 Å². The van der Waals surface area contributed by atoms with Crippen molar-refractivity contribution in [2.75, 3.05) is 11.0 Å². The standard InChI is InChI=1S/C28H33FO7.C23H27FO6.C14H22O7.C13H19IO7.C13H20O7.C6H12O6.27H2/c1-16(30)8-6-9-21-12-13-24(15-25(21)22-10-7-11-23(29)14-22)36-28-27(35-20(5)32)26(34-19(4)31)17(2)18(3)33-28;1-13(25)5-3-6-15-9-10-18(12-19(15)16-7-4-8-17(24)11-16)30-23-22(28)21(27)20(26)14(2)29-23;1-6-11-7(2)12(18-8(3)15)13(19-9(4)16)14(21-11)20-10(5)17;1-6-10(5-14)21-13(20-9(4)17)12(19-8(3)16)11(6)18-7(2)15;1-6-7(2)17-13(20-10(5)16)12(19-9(4)15)11(6)18-8(3)14;7-1-2-3(8)4(9)5(10)6(11)12-2;;;;;;;;;;;;;;;;;;;;;;;;;;;/h7,10-15,17-18,26-28H,6,8-9H2,1-5H3;4,7-12,14,20-23,26-28H,3,5-6H2,1-2H3;7,11-14H,6H2,1-5H3;6,10-13H,5H2,1-4H3;6-7,11-13H,1-5H3;2-11H,1H2;27*1H/t17-,18-,26+,27+,28-;14-,20-,21+,22+,23-;7-,11-,12+,13+,14?;6-,10-,11+,12+,13?;6-,7-,11+,12+,13?;2-,3-,4+,5+,6?;;;;;;;;;;;;;;;;;;;;;;;;;;;/m111111.........................../s1/i;;;;;;27*1+2T. The number of ketones is 2. The summed E-state index contributed by atoms with van der Waals surface area (Å²) >= 11 is 2.13. The Morgan fingerprint density at radius 2 is 0.657 bits per heavy atom. The molecule has 10 rings (SSSR count). The number of Topliss-reactive ketones (excluding diaryl/α,β-unsaturated/α-hetero) is 2. The molecule has 6 fully saturated rings. The molecule has 836 valence electrons. The minimum Gasteiger partial charge on any atom is -0.462 e. The molecule has 4 aromatic rings. The van der Waals surface area contributed by atoms with E-state index < -0.39 is 208 Å². The highest BCUT2D eigenvalue weighted by atomic mass is 127. The first kappa shape index (κ1) is 83.5. The van der Waals surface area contributed by atoms with Gasteiger partial charge in [-0.15, -0.1) is 0 Å². The molecule has 0 radical (unpaired) electrons. The fourth-order valence-corrected chi connectivity index (χ4v) is 16.7. The molecule has 6 aliphatic rings. The van der Waals surface area contributed by atoms with Gasteiger partial charge in [0, 0.05) is 197 Å². The van der Waals surface area contributed by atoms with E-state index in [1.165, 1.54) is 100 Å². The zero-order valence-corrected chi connectivity index (χ0v) is 84.2. The Morgan fingerprint density at radius 3 is 1.00 bits per heavy atom. The van der Waals surface area contributed by atoms with Gasteiger partial charge < -0.3 is 140 Å². The first-order valence-corrected chi connectivity index (χ1v) is 47.0. The van der Waals surface area contributed by atoms with Crippen LogP contribution in [0.5, 0.6) is 11.5 Å². The summed E-state index contributed by atoms with van der Waals surface area (Å²) in [6, 6.07) is 23.1. The van der Waals surface area contributed by atoms with E-state index in [1.807, 2.05) is 46.8 Å². The highest BCUT2D eigenvalue weighted by Gasteiger charge is 2.54. The maximum atomic E-state index is 14.0. The van der Waals surface area contributed by atoms with Crippen molar-refractivity contribution in [3.8, 4) is 33.8 Å². The predicted molar refractivity (Wildman–Crippen MR) is 549 cm³/mol. The van der Waals surface area contributed by atoms with Crippen LogP contribution in [0.1, 0.15) is 269 Å². The molecule has 6 saturated heterocycles. The number of carbonyl (C=O) groups is 13. The molecule has 30 atom stereocenters. The number of aryl methyl sites for hydroxylation is 2. The van der Waals surface area contributed by atoms with Gasteiger partial charge in [-0.3, -0.25) is 52.7 Å². The van der Waals surface area contributed by atoms with E-state index >= 15 is 0 Å². The lowest BCUT2D eigenvalue weighted by molar-refractivity contribution is -0.286. The molecule has 6 aliphatic heterocycles. The van der Waals surface area contributed by atoms with E-state index in [4.69, 9.17) is 191 Å². The van der Waals surface area contributed by atoms with Gasteiger partial charge >= 0.3 is 65.7 Å². The number of esters is 11. The average molecular weight is 2270 g/mol. The van der Waals surface area contributed by atoms with Crippen LogP contribution in [0, 0.1) is 35.3 Å². The molecule has 8 N–H and O–H groups in total. The smallest absolute Gasteiger partial charge is 0.305 e. The fourth-order valence-electron chi connectivity index (χ4n) is 15.6. The van der Waals surface area contributed by atoms with Crippen LogP contribution in [-0.2, 0) is 156 Å². The number of carbonyl (C=O) groups excluding carboxylic acids is 13. The second kappa shape index (κ2) is 58.0. The maximum Gasteiger partial charge on any atom is 0.305 e. The van der Waals surface area contributed by atoms with Crippen LogP contribution in [0.15, 0.2) is 84.9 Å². The van der Waals surface area contributed by atoms with E-state index in [0.29, 0.717) is 72.0 Å². The molecule has 40 nitrogen and oxygen atoms in total. The average Bonchev–Trinajstić information content (AvgIpc) is 0.887. The first-order valence-electron chi connectivity index (χ1n) is 72.5. The molecule has 4 aromatic carbocycles. The molecule has 0 bridgehead atoms. The molecule has 0 saturated carbocycles. The minimum absolute atomic E-state index is 0.110. The van der Waals surface area contributed by atoms with Gasteiger partial charge in [0.15, 0.2) is 6.29 Å². The van der Waals surface area contributed by atoms with Gasteiger partial charge in [0.25, 0.3) is 0 Å². The molecule has 43 heteroatoms. The van der Waals surface area contributed by atoms with Gasteiger partial charge in [-0.25, -0.2) is 8.78 Å². The van der Waals surface area contributed by atoms with Gasteiger partial charge in [0.1, 0.15) is 102 Å². The molecular weight excluding hydrogens is 1970 g/mol. The summed E-state index contributed by atoms with van der Waals surface area (Å²) in [4.78, 5) is 147. The molecule has 0 amide bonds. The first-order chi connectivity index (χ1) is 92.6. The largest absolute Gasteiger partial charge is 0.462 e. The van der Waals surface area contributed by atoms with E-state index in [1.54, 1.807) is 83.1 Å². The number of rotatable bonds is 28. The lowest BCUT2D eigenvalue weighted by Gasteiger charge is -2.43. The normalized spacial score (nSPS) is 31.9. The van der Waals surface area contributed by atoms with Crippen LogP contribution in [0.4, 0.5) is 8.78 Å². The lowest BCUT2D eigenvalue weighted by atomic mass is 9.89. The molecule has 0 aromatic heterocycles. The van der Waals surface area contributed by atoms with Crippen LogP contribution >= 0.6 is 22.6 Å². The van der Waals surface area contributed by atoms with Crippen LogP contribution < -0.4 is 9.47 Å². The summed E-state index contributed by atoms with van der Waals surface area (Å²) in [5, 5.41) is 74.7. The summed E-state index contributed by atoms with van der Waals surface area (Å²) in [6.07, 6.45) is -21.2. The minimum atomic E-state index is -1.57. The number of ether oxygens (including phenoxy) is 19. The Labute approximate surface area is 907 Å². The van der Waals surface area contributed by atoms with Gasteiger partial charge in [0.05, 0.1) is 37.1 Å². The third kappa shape index (κ3) is 37.7. The molecule has 140 heavy (non-hydrogen) atoms. The van der Waals surface area contributed by atoms with Crippen molar-refractivity contribution in [3.05, 3.63) is 108 Å². The maximum absolute atomic E-state index is 14.0. The second-order valence-corrected chi connectivity index (χ2v) is 35.2. The number of alkyl halides is 1. The highest BCUT2D eigenvalue weighted by molar-refractivity contribution is 14.1. The van der Waals surface area contributed by atoms with Crippen LogP contribution in [0.2, 0.25) is 0 Å². The van der Waals surface area contributed by atoms with Crippen molar-refractivity contribution in [2.24, 2.45) is 23.7 Å². The number of halogens is 3. The number of hydrogen-bond acceptors (Lipinski definition) is 40. The number of benzene rings is 4. The lowest BCUT2D eigenvalue weighted by Crippen LogP contribution is -2.58. The molecular formula is C97H187F2IO40. The third-order valence-corrected chi connectivity index (χ3v) is 23.7.